The van der Waals surface area contributed by atoms with Crippen LogP contribution in [0.3, 0.4) is 0 Å². The Labute approximate surface area is 168 Å². The van der Waals surface area contributed by atoms with Gasteiger partial charge < -0.3 is 10.1 Å². The van der Waals surface area contributed by atoms with Crippen LogP contribution in [-0.2, 0) is 24.3 Å². The maximum absolute atomic E-state index is 12.4. The molecule has 0 fully saturated rings. The van der Waals surface area contributed by atoms with E-state index in [-0.39, 0.29) is 18.1 Å². The first kappa shape index (κ1) is 18.9. The van der Waals surface area contributed by atoms with Gasteiger partial charge in [-0.2, -0.15) is 5.10 Å². The Kier molecular flexibility index (Phi) is 5.41. The molecule has 1 amide bonds. The molecule has 29 heavy (non-hydrogen) atoms. The highest BCUT2D eigenvalue weighted by atomic mass is 16.5. The van der Waals surface area contributed by atoms with E-state index in [1.807, 2.05) is 31.2 Å². The summed E-state index contributed by atoms with van der Waals surface area (Å²) in [6.45, 7) is 2.55. The lowest BCUT2D eigenvalue weighted by molar-refractivity contribution is -0.117. The highest BCUT2D eigenvalue weighted by molar-refractivity contribution is 5.90. The summed E-state index contributed by atoms with van der Waals surface area (Å²) in [7, 11) is 0. The highest BCUT2D eigenvalue weighted by Crippen LogP contribution is 2.20. The maximum Gasteiger partial charge on any atom is 0.346 e. The van der Waals surface area contributed by atoms with Gasteiger partial charge in [0.05, 0.1) is 11.9 Å². The quantitative estimate of drug-likeness (QED) is 0.720. The minimum atomic E-state index is -0.325. The lowest BCUT2D eigenvalue weighted by Gasteiger charge is -2.07. The second-order valence-electron chi connectivity index (χ2n) is 7.17. The molecule has 0 bridgehead atoms. The van der Waals surface area contributed by atoms with Gasteiger partial charge >= 0.3 is 5.69 Å². The van der Waals surface area contributed by atoms with Gasteiger partial charge in [-0.15, -0.1) is 0 Å². The minimum Gasteiger partial charge on any atom is -0.439 e. The molecule has 0 aliphatic carbocycles. The Morgan fingerprint density at radius 3 is 2.72 bits per heavy atom. The van der Waals surface area contributed by atoms with Gasteiger partial charge in [0.1, 0.15) is 18.1 Å². The number of aryl methyl sites for hydroxylation is 2. The van der Waals surface area contributed by atoms with Crippen LogP contribution in [0.25, 0.3) is 0 Å². The zero-order valence-corrected chi connectivity index (χ0v) is 16.3. The fourth-order valence-corrected chi connectivity index (χ4v) is 3.31. The van der Waals surface area contributed by atoms with Crippen molar-refractivity contribution in [3.05, 3.63) is 64.5 Å². The van der Waals surface area contributed by atoms with Crippen molar-refractivity contribution >= 4 is 11.6 Å². The number of nitrogens with zero attached hydrogens (tertiary/aromatic N) is 4. The lowest BCUT2D eigenvalue weighted by Crippen LogP contribution is -2.30. The van der Waals surface area contributed by atoms with Gasteiger partial charge in [-0.05, 0) is 38.0 Å². The van der Waals surface area contributed by atoms with Crippen LogP contribution in [0.5, 0.6) is 11.6 Å². The van der Waals surface area contributed by atoms with Gasteiger partial charge in [0, 0.05) is 19.0 Å². The molecule has 0 atom stereocenters. The summed E-state index contributed by atoms with van der Waals surface area (Å²) in [5, 5.41) is 7.07. The number of ether oxygens (including phenoxy) is 1. The van der Waals surface area contributed by atoms with Crippen LogP contribution < -0.4 is 15.7 Å². The number of anilines is 1. The van der Waals surface area contributed by atoms with E-state index in [1.54, 1.807) is 16.7 Å². The summed E-state index contributed by atoms with van der Waals surface area (Å²) in [5.74, 6) is 1.56. The minimum absolute atomic E-state index is 0.125. The van der Waals surface area contributed by atoms with E-state index in [4.69, 9.17) is 4.74 Å². The Balaban J connectivity index is 1.37. The normalized spacial score (nSPS) is 13.4. The van der Waals surface area contributed by atoms with Gasteiger partial charge in [-0.25, -0.2) is 14.5 Å². The van der Waals surface area contributed by atoms with E-state index < -0.39 is 0 Å². The lowest BCUT2D eigenvalue weighted by atomic mass is 10.2. The molecule has 0 saturated carbocycles. The van der Waals surface area contributed by atoms with Gasteiger partial charge in [0.15, 0.2) is 0 Å². The van der Waals surface area contributed by atoms with Crippen LogP contribution in [0.4, 0.5) is 5.69 Å². The number of carbonyl (C=O) groups is 1. The monoisotopic (exact) mass is 393 g/mol. The number of pyridine rings is 1. The summed E-state index contributed by atoms with van der Waals surface area (Å²) in [4.78, 5) is 29.0. The number of nitrogens with one attached hydrogen (secondary N) is 1. The first-order valence-corrected chi connectivity index (χ1v) is 9.75. The second-order valence-corrected chi connectivity index (χ2v) is 7.17. The summed E-state index contributed by atoms with van der Waals surface area (Å²) in [5.41, 5.74) is 1.45. The van der Waals surface area contributed by atoms with Crippen molar-refractivity contribution < 1.29 is 9.53 Å². The zero-order chi connectivity index (χ0) is 20.2. The molecule has 1 N–H and O–H groups in total. The second kappa shape index (κ2) is 8.30. The molecule has 1 aliphatic heterocycles. The SMILES string of the molecule is Cc1ccc(Oc2ccc(NC(=O)Cn3nc4n(c3=O)CCCCC4)cn2)cc1. The molecule has 0 radical (unpaired) electrons. The first-order chi connectivity index (χ1) is 14.1. The van der Waals surface area contributed by atoms with Crippen LogP contribution in [-0.4, -0.2) is 25.2 Å². The predicted octanol–water partition coefficient (Wildman–Crippen LogP) is 2.91. The fourth-order valence-electron chi connectivity index (χ4n) is 3.31. The molecule has 4 rings (SSSR count). The number of amides is 1. The largest absolute Gasteiger partial charge is 0.439 e. The van der Waals surface area contributed by atoms with Crippen LogP contribution >= 0.6 is 0 Å². The summed E-state index contributed by atoms with van der Waals surface area (Å²) in [6, 6.07) is 11.1. The van der Waals surface area contributed by atoms with Gasteiger partial charge in [-0.3, -0.25) is 9.36 Å². The third kappa shape index (κ3) is 4.53. The number of aromatic nitrogens is 4. The molecule has 0 unspecified atom stereocenters. The van der Waals surface area contributed by atoms with Crippen molar-refractivity contribution in [2.75, 3.05) is 5.32 Å². The van der Waals surface area contributed by atoms with Crippen LogP contribution in [0.1, 0.15) is 30.7 Å². The van der Waals surface area contributed by atoms with Gasteiger partial charge in [-0.1, -0.05) is 24.1 Å². The Morgan fingerprint density at radius 2 is 1.97 bits per heavy atom. The third-order valence-corrected chi connectivity index (χ3v) is 4.84. The van der Waals surface area contributed by atoms with Crippen molar-refractivity contribution in [3.8, 4) is 11.6 Å². The average molecular weight is 393 g/mol. The van der Waals surface area contributed by atoms with Crippen molar-refractivity contribution in [2.45, 2.75) is 45.7 Å². The van der Waals surface area contributed by atoms with E-state index in [1.165, 1.54) is 10.9 Å². The van der Waals surface area contributed by atoms with E-state index in [9.17, 15) is 9.59 Å². The van der Waals surface area contributed by atoms with Crippen molar-refractivity contribution in [1.82, 2.24) is 19.3 Å². The molecule has 3 heterocycles. The number of hydrogen-bond donors (Lipinski definition) is 1. The summed E-state index contributed by atoms with van der Waals surface area (Å²) < 4.78 is 8.59. The van der Waals surface area contributed by atoms with Crippen molar-refractivity contribution in [2.24, 2.45) is 0 Å². The number of fused-ring (bicyclic) bond motifs is 1. The molecule has 8 nitrogen and oxygen atoms in total. The molecular weight excluding hydrogens is 370 g/mol. The Morgan fingerprint density at radius 1 is 1.14 bits per heavy atom. The summed E-state index contributed by atoms with van der Waals surface area (Å²) in [6.07, 6.45) is 5.38. The van der Waals surface area contributed by atoms with Gasteiger partial charge in [0.25, 0.3) is 0 Å². The van der Waals surface area contributed by atoms with Crippen LogP contribution in [0.2, 0.25) is 0 Å². The number of benzene rings is 1. The molecule has 3 aromatic rings. The molecular formula is C21H23N5O3. The van der Waals surface area contributed by atoms with Crippen molar-refractivity contribution in [1.29, 1.82) is 0 Å². The molecule has 0 spiro atoms. The highest BCUT2D eigenvalue weighted by Gasteiger charge is 2.17. The molecule has 2 aromatic heterocycles. The van der Waals surface area contributed by atoms with Crippen molar-refractivity contribution in [3.63, 3.8) is 0 Å². The zero-order valence-electron chi connectivity index (χ0n) is 16.3. The predicted molar refractivity (Wildman–Crippen MR) is 108 cm³/mol. The standard InChI is InChI=1S/C21H23N5O3/c1-15-6-9-17(10-7-15)29-20-11-8-16(13-22-20)23-19(27)14-26-21(28)25-12-4-2-3-5-18(25)24-26/h6-11,13H,2-5,12,14H2,1H3,(H,23,27). The molecule has 1 aromatic carbocycles. The molecule has 150 valence electrons. The number of hydrogen-bond acceptors (Lipinski definition) is 5. The molecule has 8 heteroatoms. The van der Waals surface area contributed by atoms with E-state index >= 15 is 0 Å². The molecule has 0 saturated heterocycles. The summed E-state index contributed by atoms with van der Waals surface area (Å²) >= 11 is 0. The average Bonchev–Trinajstić information content (AvgIpc) is 2.87. The topological polar surface area (TPSA) is 91.0 Å². The van der Waals surface area contributed by atoms with E-state index in [0.29, 0.717) is 23.9 Å². The van der Waals surface area contributed by atoms with Gasteiger partial charge in [0.2, 0.25) is 11.8 Å². The fraction of sp³-hybridized carbons (Fsp3) is 0.333. The number of rotatable bonds is 5. The Hall–Kier alpha value is -3.42. The van der Waals surface area contributed by atoms with Crippen LogP contribution in [0.15, 0.2) is 47.4 Å². The first-order valence-electron chi connectivity index (χ1n) is 9.75. The Bertz CT molecular complexity index is 1050. The smallest absolute Gasteiger partial charge is 0.346 e. The van der Waals surface area contributed by atoms with Crippen LogP contribution in [0, 0.1) is 6.92 Å². The maximum atomic E-state index is 12.4. The van der Waals surface area contributed by atoms with E-state index in [2.05, 4.69) is 15.4 Å². The number of carbonyl (C=O) groups excluding carboxylic acids is 1. The third-order valence-electron chi connectivity index (χ3n) is 4.84. The molecule has 1 aliphatic rings. The van der Waals surface area contributed by atoms with E-state index in [0.717, 1.165) is 37.1 Å².